The van der Waals surface area contributed by atoms with Crippen molar-refractivity contribution in [3.63, 3.8) is 0 Å². The van der Waals surface area contributed by atoms with E-state index in [1.54, 1.807) is 25.3 Å². The maximum atomic E-state index is 12.8. The van der Waals surface area contributed by atoms with Gasteiger partial charge in [0.25, 0.3) is 5.91 Å². The maximum Gasteiger partial charge on any atom is 0.271 e. The summed E-state index contributed by atoms with van der Waals surface area (Å²) in [5, 5.41) is 8.47. The van der Waals surface area contributed by atoms with Crippen molar-refractivity contribution >= 4 is 28.9 Å². The Kier molecular flexibility index (Phi) is 5.63. The van der Waals surface area contributed by atoms with E-state index in [2.05, 4.69) is 10.4 Å². The van der Waals surface area contributed by atoms with Crippen LogP contribution in [0.5, 0.6) is 11.5 Å². The van der Waals surface area contributed by atoms with E-state index in [0.29, 0.717) is 35.0 Å². The Morgan fingerprint density at radius 3 is 2.46 bits per heavy atom. The Morgan fingerprint density at radius 2 is 1.79 bits per heavy atom. The molecule has 146 valence electrons. The summed E-state index contributed by atoms with van der Waals surface area (Å²) in [5.74, 6) is 0.625. The van der Waals surface area contributed by atoms with Gasteiger partial charge in [-0.2, -0.15) is 5.10 Å². The fourth-order valence-electron chi connectivity index (χ4n) is 2.99. The molecule has 0 radical (unpaired) electrons. The van der Waals surface area contributed by atoms with Gasteiger partial charge in [0, 0.05) is 24.6 Å². The molecule has 0 fully saturated rings. The first kappa shape index (κ1) is 19.4. The van der Waals surface area contributed by atoms with Crippen LogP contribution in [0.25, 0.3) is 0 Å². The predicted molar refractivity (Wildman–Crippen MR) is 108 cm³/mol. The van der Waals surface area contributed by atoms with Crippen LogP contribution in [0.15, 0.2) is 41.5 Å². The van der Waals surface area contributed by atoms with Crippen LogP contribution in [0.2, 0.25) is 0 Å². The number of rotatable bonds is 5. The molecule has 0 atom stereocenters. The second kappa shape index (κ2) is 8.12. The predicted octanol–water partition coefficient (Wildman–Crippen LogP) is 3.44. The second-order valence-electron chi connectivity index (χ2n) is 6.57. The number of anilines is 2. The van der Waals surface area contributed by atoms with Crippen LogP contribution >= 0.6 is 0 Å². The van der Waals surface area contributed by atoms with Gasteiger partial charge >= 0.3 is 0 Å². The minimum Gasteiger partial charge on any atom is -0.493 e. The van der Waals surface area contributed by atoms with Gasteiger partial charge in [0.2, 0.25) is 5.91 Å². The summed E-state index contributed by atoms with van der Waals surface area (Å²) in [5.41, 5.74) is 3.39. The van der Waals surface area contributed by atoms with Crippen LogP contribution in [-0.4, -0.2) is 31.7 Å². The molecular formula is C21H23N3O4. The highest BCUT2D eigenvalue weighted by Gasteiger charge is 2.26. The largest absolute Gasteiger partial charge is 0.493 e. The molecule has 0 spiro atoms. The zero-order valence-electron chi connectivity index (χ0n) is 16.4. The summed E-state index contributed by atoms with van der Waals surface area (Å²) >= 11 is 0. The van der Waals surface area contributed by atoms with Gasteiger partial charge in [-0.3, -0.25) is 9.59 Å². The number of hydrogen-bond acceptors (Lipinski definition) is 5. The van der Waals surface area contributed by atoms with E-state index in [1.807, 2.05) is 32.0 Å². The van der Waals surface area contributed by atoms with Crippen LogP contribution in [0.3, 0.4) is 0 Å². The van der Waals surface area contributed by atoms with Gasteiger partial charge in [0.15, 0.2) is 11.5 Å². The Bertz CT molecular complexity index is 953. The standard InChI is InChI=1S/C21H23N3O4/c1-13-6-5-7-15(10-13)24-20(25)9-8-16(23-24)21(26)22-17-12-19(28-4)18(27-3)11-14(17)2/h5-7,10-12H,8-9H2,1-4H3,(H,22,26). The molecule has 0 saturated carbocycles. The van der Waals surface area contributed by atoms with Crippen LogP contribution < -0.4 is 19.8 Å². The van der Waals surface area contributed by atoms with Gasteiger partial charge in [-0.25, -0.2) is 5.01 Å². The molecule has 2 amide bonds. The molecule has 2 aromatic carbocycles. The van der Waals surface area contributed by atoms with Crippen molar-refractivity contribution in [1.29, 1.82) is 0 Å². The number of aryl methyl sites for hydroxylation is 2. The monoisotopic (exact) mass is 381 g/mol. The van der Waals surface area contributed by atoms with E-state index in [4.69, 9.17) is 9.47 Å². The first-order chi connectivity index (χ1) is 13.4. The van der Waals surface area contributed by atoms with Crippen molar-refractivity contribution in [2.24, 2.45) is 5.10 Å². The number of amides is 2. The van der Waals surface area contributed by atoms with Gasteiger partial charge < -0.3 is 14.8 Å². The van der Waals surface area contributed by atoms with E-state index in [-0.39, 0.29) is 18.2 Å². The van der Waals surface area contributed by atoms with E-state index >= 15 is 0 Å². The van der Waals surface area contributed by atoms with Crippen LogP contribution in [-0.2, 0) is 9.59 Å². The quantitative estimate of drug-likeness (QED) is 0.860. The summed E-state index contributed by atoms with van der Waals surface area (Å²) in [6.45, 7) is 3.80. The lowest BCUT2D eigenvalue weighted by molar-refractivity contribution is -0.118. The van der Waals surface area contributed by atoms with Crippen LogP contribution in [0, 0.1) is 13.8 Å². The van der Waals surface area contributed by atoms with Gasteiger partial charge in [-0.1, -0.05) is 12.1 Å². The number of nitrogens with zero attached hydrogens (tertiary/aromatic N) is 2. The number of benzene rings is 2. The highest BCUT2D eigenvalue weighted by molar-refractivity contribution is 6.44. The molecule has 3 rings (SSSR count). The minimum absolute atomic E-state index is 0.135. The van der Waals surface area contributed by atoms with Crippen LogP contribution in [0.1, 0.15) is 24.0 Å². The summed E-state index contributed by atoms with van der Waals surface area (Å²) in [4.78, 5) is 25.1. The molecule has 0 aliphatic carbocycles. The van der Waals surface area contributed by atoms with E-state index in [0.717, 1.165) is 11.1 Å². The first-order valence-corrected chi connectivity index (χ1v) is 8.94. The number of methoxy groups -OCH3 is 2. The molecule has 0 saturated heterocycles. The zero-order valence-corrected chi connectivity index (χ0v) is 16.4. The number of carbonyl (C=O) groups excluding carboxylic acids is 2. The molecule has 1 heterocycles. The Morgan fingerprint density at radius 1 is 1.07 bits per heavy atom. The van der Waals surface area contributed by atoms with Crippen molar-refractivity contribution in [1.82, 2.24) is 0 Å². The number of hydrazone groups is 1. The maximum absolute atomic E-state index is 12.8. The van der Waals surface area contributed by atoms with Crippen molar-refractivity contribution in [2.45, 2.75) is 26.7 Å². The molecule has 1 aliphatic heterocycles. The Hall–Kier alpha value is -3.35. The third-order valence-electron chi connectivity index (χ3n) is 4.52. The smallest absolute Gasteiger partial charge is 0.271 e. The summed E-state index contributed by atoms with van der Waals surface area (Å²) in [6, 6.07) is 11.0. The van der Waals surface area contributed by atoms with Crippen molar-refractivity contribution in [3.8, 4) is 11.5 Å². The number of carbonyl (C=O) groups is 2. The number of ether oxygens (including phenoxy) is 2. The normalized spacial score (nSPS) is 13.8. The van der Waals surface area contributed by atoms with E-state index in [9.17, 15) is 9.59 Å². The van der Waals surface area contributed by atoms with Gasteiger partial charge in [0.1, 0.15) is 5.71 Å². The van der Waals surface area contributed by atoms with Crippen molar-refractivity contribution < 1.29 is 19.1 Å². The van der Waals surface area contributed by atoms with Gasteiger partial charge in [0.05, 0.1) is 19.9 Å². The van der Waals surface area contributed by atoms with Crippen molar-refractivity contribution in [2.75, 3.05) is 24.5 Å². The summed E-state index contributed by atoms with van der Waals surface area (Å²) in [7, 11) is 3.10. The zero-order chi connectivity index (χ0) is 20.3. The number of nitrogens with one attached hydrogen (secondary N) is 1. The topological polar surface area (TPSA) is 80.2 Å². The molecule has 1 N–H and O–H groups in total. The molecule has 0 bridgehead atoms. The fourth-order valence-corrected chi connectivity index (χ4v) is 2.99. The van der Waals surface area contributed by atoms with Gasteiger partial charge in [-0.15, -0.1) is 0 Å². The Labute approximate surface area is 163 Å². The summed E-state index contributed by atoms with van der Waals surface area (Å²) in [6.07, 6.45) is 0.518. The SMILES string of the molecule is COc1cc(C)c(NC(=O)C2=NN(c3cccc(C)c3)C(=O)CC2)cc1OC. The molecular weight excluding hydrogens is 358 g/mol. The molecule has 7 nitrogen and oxygen atoms in total. The first-order valence-electron chi connectivity index (χ1n) is 8.94. The van der Waals surface area contributed by atoms with Crippen molar-refractivity contribution in [3.05, 3.63) is 47.5 Å². The lowest BCUT2D eigenvalue weighted by Gasteiger charge is -2.23. The molecule has 7 heteroatoms. The van der Waals surface area contributed by atoms with E-state index < -0.39 is 0 Å². The number of hydrogen-bond donors (Lipinski definition) is 1. The van der Waals surface area contributed by atoms with Gasteiger partial charge in [-0.05, 0) is 43.2 Å². The average molecular weight is 381 g/mol. The van der Waals surface area contributed by atoms with E-state index in [1.165, 1.54) is 12.1 Å². The average Bonchev–Trinajstić information content (AvgIpc) is 2.69. The molecule has 0 aromatic heterocycles. The lowest BCUT2D eigenvalue weighted by atomic mass is 10.1. The Balaban J connectivity index is 1.86. The fraction of sp³-hybridized carbons (Fsp3) is 0.286. The summed E-state index contributed by atoms with van der Waals surface area (Å²) < 4.78 is 10.6. The lowest BCUT2D eigenvalue weighted by Crippen LogP contribution is -2.36. The minimum atomic E-state index is -0.347. The molecule has 28 heavy (non-hydrogen) atoms. The molecule has 0 unspecified atom stereocenters. The third kappa shape index (κ3) is 3.98. The third-order valence-corrected chi connectivity index (χ3v) is 4.52. The highest BCUT2D eigenvalue weighted by atomic mass is 16.5. The highest BCUT2D eigenvalue weighted by Crippen LogP contribution is 2.33. The molecule has 1 aliphatic rings. The van der Waals surface area contributed by atoms with Crippen LogP contribution in [0.4, 0.5) is 11.4 Å². The second-order valence-corrected chi connectivity index (χ2v) is 6.57. The molecule has 2 aromatic rings.